The Kier molecular flexibility index (Phi) is 6.22. The summed E-state index contributed by atoms with van der Waals surface area (Å²) in [5.41, 5.74) is 1.30. The van der Waals surface area contributed by atoms with Gasteiger partial charge in [-0.25, -0.2) is 4.79 Å². The summed E-state index contributed by atoms with van der Waals surface area (Å²) in [6.07, 6.45) is 1.70. The molecule has 0 saturated heterocycles. The number of rotatable bonds is 7. The molecule has 2 N–H and O–H groups in total. The fourth-order valence-corrected chi connectivity index (χ4v) is 1.92. The maximum atomic E-state index is 11.9. The molecule has 0 aliphatic rings. The lowest BCUT2D eigenvalue weighted by Gasteiger charge is -2.17. The molecule has 0 radical (unpaired) electrons. The molecule has 2 atom stereocenters. The van der Waals surface area contributed by atoms with Gasteiger partial charge in [0.1, 0.15) is 0 Å². The van der Waals surface area contributed by atoms with E-state index in [0.717, 1.165) is 12.0 Å². The monoisotopic (exact) mass is 277 g/mol. The van der Waals surface area contributed by atoms with Gasteiger partial charge in [-0.1, -0.05) is 39.3 Å². The Labute approximate surface area is 120 Å². The maximum Gasteiger partial charge on any atom is 0.335 e. The van der Waals surface area contributed by atoms with Gasteiger partial charge in [0.15, 0.2) is 0 Å². The van der Waals surface area contributed by atoms with E-state index in [4.69, 9.17) is 5.11 Å². The van der Waals surface area contributed by atoms with Gasteiger partial charge in [0.2, 0.25) is 5.91 Å². The fraction of sp³-hybridized carbons (Fsp3) is 0.500. The molecule has 1 aromatic carbocycles. The number of benzene rings is 1. The van der Waals surface area contributed by atoms with Crippen molar-refractivity contribution in [1.82, 2.24) is 5.32 Å². The number of hydrogen-bond donors (Lipinski definition) is 2. The highest BCUT2D eigenvalue weighted by atomic mass is 16.4. The summed E-state index contributed by atoms with van der Waals surface area (Å²) in [6.45, 7) is 6.69. The van der Waals surface area contributed by atoms with E-state index in [1.165, 1.54) is 0 Å². The van der Waals surface area contributed by atoms with Crippen LogP contribution in [0.4, 0.5) is 0 Å². The number of carbonyl (C=O) groups excluding carboxylic acids is 1. The molecule has 20 heavy (non-hydrogen) atoms. The van der Waals surface area contributed by atoms with Gasteiger partial charge in [-0.3, -0.25) is 4.79 Å². The molecule has 1 rings (SSSR count). The molecule has 0 heterocycles. The Morgan fingerprint density at radius 2 is 1.80 bits per heavy atom. The average Bonchev–Trinajstić information content (AvgIpc) is 2.45. The molecule has 4 nitrogen and oxygen atoms in total. The van der Waals surface area contributed by atoms with Crippen LogP contribution in [0.3, 0.4) is 0 Å². The number of carboxylic acid groups (broad SMARTS) is 1. The normalized spacial score (nSPS) is 13.6. The summed E-state index contributed by atoms with van der Waals surface area (Å²) in [6, 6.07) is 6.74. The third-order valence-electron chi connectivity index (χ3n) is 3.82. The van der Waals surface area contributed by atoms with Gasteiger partial charge in [-0.05, 0) is 30.0 Å². The Hall–Kier alpha value is -1.84. The van der Waals surface area contributed by atoms with Gasteiger partial charge in [0.25, 0.3) is 0 Å². The molecule has 0 aliphatic heterocycles. The molecule has 2 unspecified atom stereocenters. The summed E-state index contributed by atoms with van der Waals surface area (Å²) >= 11 is 0. The first kappa shape index (κ1) is 16.2. The molecular formula is C16H23NO3. The molecule has 0 bridgehead atoms. The predicted octanol–water partition coefficient (Wildman–Crippen LogP) is 2.73. The number of carbonyl (C=O) groups is 2. The molecule has 0 aromatic heterocycles. The Morgan fingerprint density at radius 1 is 1.20 bits per heavy atom. The van der Waals surface area contributed by atoms with Crippen LogP contribution < -0.4 is 5.32 Å². The molecule has 110 valence electrons. The van der Waals surface area contributed by atoms with Crippen molar-refractivity contribution in [2.75, 3.05) is 6.54 Å². The molecule has 0 aliphatic carbocycles. The third kappa shape index (κ3) is 4.68. The van der Waals surface area contributed by atoms with Crippen molar-refractivity contribution in [2.45, 2.75) is 33.6 Å². The van der Waals surface area contributed by atoms with Crippen molar-refractivity contribution in [2.24, 2.45) is 11.8 Å². The van der Waals surface area contributed by atoms with E-state index < -0.39 is 5.97 Å². The van der Waals surface area contributed by atoms with Crippen LogP contribution in [0.15, 0.2) is 24.3 Å². The van der Waals surface area contributed by atoms with E-state index in [0.29, 0.717) is 18.9 Å². The lowest BCUT2D eigenvalue weighted by Crippen LogP contribution is -2.33. The molecule has 0 spiro atoms. The van der Waals surface area contributed by atoms with Crippen LogP contribution >= 0.6 is 0 Å². The quantitative estimate of drug-likeness (QED) is 0.805. The number of carboxylic acids is 1. The highest BCUT2D eigenvalue weighted by Gasteiger charge is 2.17. The minimum absolute atomic E-state index is 0.0226. The van der Waals surface area contributed by atoms with Crippen LogP contribution in [0.5, 0.6) is 0 Å². The highest BCUT2D eigenvalue weighted by molar-refractivity contribution is 5.87. The average molecular weight is 277 g/mol. The second kappa shape index (κ2) is 7.68. The third-order valence-corrected chi connectivity index (χ3v) is 3.82. The molecule has 4 heteroatoms. The van der Waals surface area contributed by atoms with Gasteiger partial charge < -0.3 is 10.4 Å². The predicted molar refractivity (Wildman–Crippen MR) is 78.7 cm³/mol. The number of aromatic carboxylic acids is 1. The summed E-state index contributed by atoms with van der Waals surface area (Å²) in [7, 11) is 0. The van der Waals surface area contributed by atoms with Gasteiger partial charge in [-0.15, -0.1) is 0 Å². The SMILES string of the molecule is CCC(C)C(C)C(=O)NCCc1ccc(C(=O)O)cc1. The highest BCUT2D eigenvalue weighted by Crippen LogP contribution is 2.14. The van der Waals surface area contributed by atoms with Crippen LogP contribution in [0.25, 0.3) is 0 Å². The van der Waals surface area contributed by atoms with Crippen molar-refractivity contribution in [3.63, 3.8) is 0 Å². The zero-order valence-corrected chi connectivity index (χ0v) is 12.3. The van der Waals surface area contributed by atoms with E-state index in [1.807, 2.05) is 6.92 Å². The standard InChI is InChI=1S/C16H23NO3/c1-4-11(2)12(3)15(18)17-10-9-13-5-7-14(8-6-13)16(19)20/h5-8,11-12H,4,9-10H2,1-3H3,(H,17,18)(H,19,20). The molecule has 0 fully saturated rings. The van der Waals surface area contributed by atoms with Crippen molar-refractivity contribution >= 4 is 11.9 Å². The van der Waals surface area contributed by atoms with Gasteiger partial charge in [0.05, 0.1) is 5.56 Å². The van der Waals surface area contributed by atoms with E-state index in [2.05, 4.69) is 19.2 Å². The first-order valence-corrected chi connectivity index (χ1v) is 7.05. The van der Waals surface area contributed by atoms with Crippen LogP contribution in [0.2, 0.25) is 0 Å². The topological polar surface area (TPSA) is 66.4 Å². The van der Waals surface area contributed by atoms with E-state index in [-0.39, 0.29) is 17.4 Å². The Balaban J connectivity index is 2.40. The van der Waals surface area contributed by atoms with Crippen LogP contribution in [-0.2, 0) is 11.2 Å². The lowest BCUT2D eigenvalue weighted by atomic mass is 9.93. The molecule has 0 saturated carbocycles. The minimum atomic E-state index is -0.924. The molecular weight excluding hydrogens is 254 g/mol. The number of amides is 1. The van der Waals surface area contributed by atoms with Crippen molar-refractivity contribution in [3.8, 4) is 0 Å². The zero-order valence-electron chi connectivity index (χ0n) is 12.3. The van der Waals surface area contributed by atoms with Gasteiger partial charge in [0, 0.05) is 12.5 Å². The minimum Gasteiger partial charge on any atom is -0.478 e. The van der Waals surface area contributed by atoms with Crippen molar-refractivity contribution < 1.29 is 14.7 Å². The van der Waals surface area contributed by atoms with E-state index in [1.54, 1.807) is 24.3 Å². The Bertz CT molecular complexity index is 453. The second-order valence-electron chi connectivity index (χ2n) is 5.22. The Morgan fingerprint density at radius 3 is 2.30 bits per heavy atom. The van der Waals surface area contributed by atoms with Gasteiger partial charge in [-0.2, -0.15) is 0 Å². The molecule has 1 amide bonds. The van der Waals surface area contributed by atoms with Gasteiger partial charge >= 0.3 is 5.97 Å². The molecule has 1 aromatic rings. The second-order valence-corrected chi connectivity index (χ2v) is 5.22. The summed E-state index contributed by atoms with van der Waals surface area (Å²) in [5.74, 6) is -0.437. The van der Waals surface area contributed by atoms with Crippen molar-refractivity contribution in [3.05, 3.63) is 35.4 Å². The number of nitrogens with one attached hydrogen (secondary N) is 1. The van der Waals surface area contributed by atoms with Crippen LogP contribution in [-0.4, -0.2) is 23.5 Å². The fourth-order valence-electron chi connectivity index (χ4n) is 1.92. The van der Waals surface area contributed by atoms with Crippen LogP contribution in [0.1, 0.15) is 43.1 Å². The first-order chi connectivity index (χ1) is 9.45. The maximum absolute atomic E-state index is 11.9. The first-order valence-electron chi connectivity index (χ1n) is 7.05. The lowest BCUT2D eigenvalue weighted by molar-refractivity contribution is -0.125. The van der Waals surface area contributed by atoms with Crippen molar-refractivity contribution in [1.29, 1.82) is 0 Å². The summed E-state index contributed by atoms with van der Waals surface area (Å²) in [5, 5.41) is 11.7. The van der Waals surface area contributed by atoms with E-state index >= 15 is 0 Å². The summed E-state index contributed by atoms with van der Waals surface area (Å²) in [4.78, 5) is 22.6. The smallest absolute Gasteiger partial charge is 0.335 e. The largest absolute Gasteiger partial charge is 0.478 e. The van der Waals surface area contributed by atoms with Crippen LogP contribution in [0, 0.1) is 11.8 Å². The number of hydrogen-bond acceptors (Lipinski definition) is 2. The summed E-state index contributed by atoms with van der Waals surface area (Å²) < 4.78 is 0. The van der Waals surface area contributed by atoms with E-state index in [9.17, 15) is 9.59 Å². The zero-order chi connectivity index (χ0) is 15.1.